The van der Waals surface area contributed by atoms with Crippen LogP contribution < -0.4 is 15.4 Å². The Kier molecular flexibility index (Phi) is 6.39. The van der Waals surface area contributed by atoms with Gasteiger partial charge >= 0.3 is 0 Å². The first-order chi connectivity index (χ1) is 15.1. The number of benzene rings is 2. The number of hydrogen-bond acceptors (Lipinski definition) is 6. The molecular weight excluding hydrogens is 416 g/mol. The number of hydrogen-bond donors (Lipinski definition) is 2. The van der Waals surface area contributed by atoms with Crippen LogP contribution in [0.2, 0.25) is 5.02 Å². The van der Waals surface area contributed by atoms with Crippen molar-refractivity contribution in [1.82, 2.24) is 10.6 Å². The van der Waals surface area contributed by atoms with Gasteiger partial charge in [-0.05, 0) is 53.9 Å². The lowest BCUT2D eigenvalue weighted by Gasteiger charge is -2.23. The van der Waals surface area contributed by atoms with Crippen molar-refractivity contribution in [2.24, 2.45) is 0 Å². The molecule has 158 valence electrons. The first kappa shape index (κ1) is 21.1. The molecule has 0 radical (unpaired) electrons. The maximum Gasteiger partial charge on any atom is 0.251 e. The smallest absolute Gasteiger partial charge is 0.251 e. The number of nitrogens with one attached hydrogen (secondary N) is 2. The van der Waals surface area contributed by atoms with Crippen LogP contribution in [-0.2, 0) is 22.6 Å². The summed E-state index contributed by atoms with van der Waals surface area (Å²) >= 11 is 6.53. The largest absolute Gasteiger partial charge is 0.488 e. The SMILES string of the molecule is N#Cc1ccc2c(c1)COc1cc(C[C@@H](C#N)NC(=O)[C@@H]3CNCCCO3)c(Cl)cc1-2. The molecule has 1 saturated heterocycles. The number of nitrogens with zero attached hydrogens (tertiary/aromatic N) is 2. The van der Waals surface area contributed by atoms with Gasteiger partial charge in [-0.2, -0.15) is 10.5 Å². The fourth-order valence-electron chi connectivity index (χ4n) is 3.78. The fraction of sp³-hybridized carbons (Fsp3) is 0.348. The summed E-state index contributed by atoms with van der Waals surface area (Å²) in [5.74, 6) is 0.351. The Bertz CT molecular complexity index is 1080. The van der Waals surface area contributed by atoms with Crippen LogP contribution in [0.1, 0.15) is 23.1 Å². The van der Waals surface area contributed by atoms with E-state index >= 15 is 0 Å². The number of ether oxygens (including phenoxy) is 2. The topological polar surface area (TPSA) is 107 Å². The lowest BCUT2D eigenvalue weighted by molar-refractivity contribution is -0.132. The van der Waals surface area contributed by atoms with Gasteiger partial charge in [-0.25, -0.2) is 0 Å². The Morgan fingerprint density at radius 3 is 2.97 bits per heavy atom. The Morgan fingerprint density at radius 1 is 1.29 bits per heavy atom. The van der Waals surface area contributed by atoms with E-state index in [1.165, 1.54) is 0 Å². The van der Waals surface area contributed by atoms with Gasteiger partial charge in [0, 0.05) is 30.2 Å². The molecule has 7 nitrogen and oxygen atoms in total. The van der Waals surface area contributed by atoms with E-state index in [9.17, 15) is 10.1 Å². The van der Waals surface area contributed by atoms with E-state index in [1.807, 2.05) is 24.3 Å². The molecule has 2 heterocycles. The molecule has 4 rings (SSSR count). The van der Waals surface area contributed by atoms with Crippen LogP contribution in [0.4, 0.5) is 0 Å². The van der Waals surface area contributed by atoms with E-state index in [4.69, 9.17) is 26.3 Å². The summed E-state index contributed by atoms with van der Waals surface area (Å²) in [6, 6.07) is 12.6. The van der Waals surface area contributed by atoms with Gasteiger partial charge < -0.3 is 20.1 Å². The number of rotatable bonds is 4. The van der Waals surface area contributed by atoms with Crippen LogP contribution in [-0.4, -0.2) is 37.7 Å². The van der Waals surface area contributed by atoms with Gasteiger partial charge in [-0.3, -0.25) is 4.79 Å². The third kappa shape index (κ3) is 4.65. The second-order valence-corrected chi connectivity index (χ2v) is 7.93. The predicted molar refractivity (Wildman–Crippen MR) is 114 cm³/mol. The van der Waals surface area contributed by atoms with Crippen LogP contribution in [0.3, 0.4) is 0 Å². The quantitative estimate of drug-likeness (QED) is 0.763. The van der Waals surface area contributed by atoms with Gasteiger partial charge in [0.25, 0.3) is 5.91 Å². The molecule has 0 aromatic heterocycles. The summed E-state index contributed by atoms with van der Waals surface area (Å²) in [4.78, 5) is 12.5. The predicted octanol–water partition coefficient (Wildman–Crippen LogP) is 2.70. The molecule has 0 aliphatic carbocycles. The molecule has 2 aliphatic rings. The second-order valence-electron chi connectivity index (χ2n) is 7.52. The second kappa shape index (κ2) is 9.36. The number of carbonyl (C=O) groups is 1. The molecule has 0 unspecified atom stereocenters. The maximum absolute atomic E-state index is 12.5. The minimum atomic E-state index is -0.746. The summed E-state index contributed by atoms with van der Waals surface area (Å²) < 4.78 is 11.4. The number of fused-ring (bicyclic) bond motifs is 3. The zero-order chi connectivity index (χ0) is 21.8. The summed E-state index contributed by atoms with van der Waals surface area (Å²) in [6.07, 6.45) is 0.477. The molecule has 2 aromatic rings. The zero-order valence-corrected chi connectivity index (χ0v) is 17.5. The maximum atomic E-state index is 12.5. The van der Waals surface area contributed by atoms with Crippen molar-refractivity contribution in [1.29, 1.82) is 10.5 Å². The lowest BCUT2D eigenvalue weighted by atomic mass is 9.93. The van der Waals surface area contributed by atoms with Gasteiger partial charge in [0.1, 0.15) is 24.5 Å². The molecular formula is C23H21ClN4O3. The van der Waals surface area contributed by atoms with E-state index in [0.717, 1.165) is 29.7 Å². The number of halogens is 1. The Balaban J connectivity index is 1.52. The van der Waals surface area contributed by atoms with Gasteiger partial charge in [0.05, 0.1) is 17.7 Å². The average Bonchev–Trinajstić information content (AvgIpc) is 3.08. The van der Waals surface area contributed by atoms with E-state index < -0.39 is 12.1 Å². The highest BCUT2D eigenvalue weighted by Crippen LogP contribution is 2.41. The molecule has 8 heteroatoms. The van der Waals surface area contributed by atoms with Crippen LogP contribution in [0, 0.1) is 22.7 Å². The van der Waals surface area contributed by atoms with E-state index in [0.29, 0.717) is 41.7 Å². The normalized spacial score (nSPS) is 18.2. The molecule has 0 spiro atoms. The van der Waals surface area contributed by atoms with Crippen molar-refractivity contribution < 1.29 is 14.3 Å². The monoisotopic (exact) mass is 436 g/mol. The van der Waals surface area contributed by atoms with Crippen molar-refractivity contribution in [3.05, 3.63) is 52.0 Å². The first-order valence-corrected chi connectivity index (χ1v) is 10.5. The molecule has 2 aliphatic heterocycles. The third-order valence-corrected chi connectivity index (χ3v) is 5.74. The van der Waals surface area contributed by atoms with Crippen molar-refractivity contribution in [2.45, 2.75) is 31.6 Å². The van der Waals surface area contributed by atoms with Crippen LogP contribution >= 0.6 is 11.6 Å². The summed E-state index contributed by atoms with van der Waals surface area (Å²) in [7, 11) is 0. The number of carbonyl (C=O) groups excluding carboxylic acids is 1. The van der Waals surface area contributed by atoms with Crippen molar-refractivity contribution in [3.8, 4) is 29.0 Å². The molecule has 2 atom stereocenters. The van der Waals surface area contributed by atoms with Gasteiger partial charge in [-0.1, -0.05) is 17.7 Å². The number of amides is 1. The fourth-order valence-corrected chi connectivity index (χ4v) is 4.02. The molecule has 2 N–H and O–H groups in total. The molecule has 31 heavy (non-hydrogen) atoms. The van der Waals surface area contributed by atoms with E-state index in [2.05, 4.69) is 22.8 Å². The van der Waals surface area contributed by atoms with Crippen LogP contribution in [0.25, 0.3) is 11.1 Å². The van der Waals surface area contributed by atoms with E-state index in [-0.39, 0.29) is 12.3 Å². The summed E-state index contributed by atoms with van der Waals surface area (Å²) in [5.41, 5.74) is 4.03. The molecule has 2 aromatic carbocycles. The Labute approximate surface area is 185 Å². The summed E-state index contributed by atoms with van der Waals surface area (Å²) in [5, 5.41) is 25.1. The molecule has 1 amide bonds. The Morgan fingerprint density at radius 2 is 2.16 bits per heavy atom. The van der Waals surface area contributed by atoms with Crippen LogP contribution in [0.15, 0.2) is 30.3 Å². The minimum Gasteiger partial charge on any atom is -0.488 e. The van der Waals surface area contributed by atoms with Crippen molar-refractivity contribution in [3.63, 3.8) is 0 Å². The van der Waals surface area contributed by atoms with E-state index in [1.54, 1.807) is 6.07 Å². The molecule has 0 bridgehead atoms. The number of nitriles is 2. The Hall–Kier alpha value is -3.10. The minimum absolute atomic E-state index is 0.248. The third-order valence-electron chi connectivity index (χ3n) is 5.39. The summed E-state index contributed by atoms with van der Waals surface area (Å²) in [6.45, 7) is 2.08. The average molecular weight is 437 g/mol. The highest BCUT2D eigenvalue weighted by Gasteiger charge is 2.25. The van der Waals surface area contributed by atoms with Crippen molar-refractivity contribution >= 4 is 17.5 Å². The lowest BCUT2D eigenvalue weighted by Crippen LogP contribution is -2.46. The highest BCUT2D eigenvalue weighted by atomic mass is 35.5. The molecule has 0 saturated carbocycles. The molecule has 1 fully saturated rings. The van der Waals surface area contributed by atoms with Crippen molar-refractivity contribution in [2.75, 3.05) is 19.7 Å². The van der Waals surface area contributed by atoms with Gasteiger partial charge in [0.15, 0.2) is 0 Å². The van der Waals surface area contributed by atoms with Crippen LogP contribution in [0.5, 0.6) is 5.75 Å². The first-order valence-electron chi connectivity index (χ1n) is 10.1. The van der Waals surface area contributed by atoms with Gasteiger partial charge in [-0.15, -0.1) is 0 Å². The zero-order valence-electron chi connectivity index (χ0n) is 16.8. The highest BCUT2D eigenvalue weighted by molar-refractivity contribution is 6.31. The van der Waals surface area contributed by atoms with Gasteiger partial charge in [0.2, 0.25) is 0 Å². The standard InChI is InChI=1S/C23H21ClN4O3/c24-20-9-19-18-3-2-14(10-25)6-16(18)13-31-21(19)8-15(20)7-17(11-26)28-23(29)22-12-27-4-1-5-30-22/h2-3,6,8-9,17,22,27H,1,4-5,7,12-13H2,(H,28,29)/t17-,22-/m0/s1.